The first kappa shape index (κ1) is 14.6. The van der Waals surface area contributed by atoms with E-state index in [-0.39, 0.29) is 31.1 Å². The molecule has 98 valence electrons. The maximum absolute atomic E-state index is 13.6. The van der Waals surface area contributed by atoms with Crippen molar-refractivity contribution >= 4 is 28.3 Å². The van der Waals surface area contributed by atoms with Gasteiger partial charge in [-0.3, -0.25) is 9.59 Å². The van der Waals surface area contributed by atoms with Crippen LogP contribution in [0, 0.1) is 5.82 Å². The second-order valence-electron chi connectivity index (χ2n) is 3.85. The number of aliphatic carboxylic acids is 1. The molecule has 4 nitrogen and oxygen atoms in total. The quantitative estimate of drug-likeness (QED) is 0.757. The van der Waals surface area contributed by atoms with Crippen LogP contribution < -0.4 is 5.32 Å². The molecule has 0 saturated carbocycles. The zero-order valence-corrected chi connectivity index (χ0v) is 11.1. The van der Waals surface area contributed by atoms with Crippen LogP contribution in [0.3, 0.4) is 0 Å². The molecule has 1 aromatic rings. The lowest BCUT2D eigenvalue weighted by atomic mass is 10.0. The third kappa shape index (κ3) is 4.83. The standard InChI is InChI=1S/C12H13BrFNO3/c13-9-2-1-8(11(14)6-9)5-10(15-7-16)3-4-12(17)18/h1-2,6-7,10H,3-5H2,(H,15,16)(H,17,18). The number of carbonyl (C=O) groups excluding carboxylic acids is 1. The molecule has 0 spiro atoms. The fraction of sp³-hybridized carbons (Fsp3) is 0.333. The van der Waals surface area contributed by atoms with Gasteiger partial charge >= 0.3 is 5.97 Å². The molecule has 0 aliphatic carbocycles. The minimum Gasteiger partial charge on any atom is -0.481 e. The van der Waals surface area contributed by atoms with Crippen molar-refractivity contribution in [3.05, 3.63) is 34.1 Å². The second kappa shape index (κ2) is 7.10. The molecule has 18 heavy (non-hydrogen) atoms. The topological polar surface area (TPSA) is 66.4 Å². The van der Waals surface area contributed by atoms with Gasteiger partial charge in [0.25, 0.3) is 0 Å². The van der Waals surface area contributed by atoms with Crippen molar-refractivity contribution in [1.82, 2.24) is 5.32 Å². The van der Waals surface area contributed by atoms with E-state index < -0.39 is 5.97 Å². The highest BCUT2D eigenvalue weighted by Gasteiger charge is 2.13. The van der Waals surface area contributed by atoms with Gasteiger partial charge in [0.1, 0.15) is 5.82 Å². The van der Waals surface area contributed by atoms with E-state index >= 15 is 0 Å². The van der Waals surface area contributed by atoms with Crippen molar-refractivity contribution in [2.24, 2.45) is 0 Å². The number of hydrogen-bond donors (Lipinski definition) is 2. The highest BCUT2D eigenvalue weighted by atomic mass is 79.9. The van der Waals surface area contributed by atoms with Crippen molar-refractivity contribution in [1.29, 1.82) is 0 Å². The number of carboxylic acid groups (broad SMARTS) is 1. The molecule has 1 aromatic carbocycles. The van der Waals surface area contributed by atoms with E-state index in [1.54, 1.807) is 12.1 Å². The maximum Gasteiger partial charge on any atom is 0.303 e. The first-order valence-corrected chi connectivity index (χ1v) is 6.17. The molecular weight excluding hydrogens is 305 g/mol. The summed E-state index contributed by atoms with van der Waals surface area (Å²) >= 11 is 3.15. The van der Waals surface area contributed by atoms with Crippen LogP contribution in [0.15, 0.2) is 22.7 Å². The Hall–Kier alpha value is -1.43. The molecule has 0 aliphatic rings. The summed E-state index contributed by atoms with van der Waals surface area (Å²) in [5.41, 5.74) is 0.447. The van der Waals surface area contributed by atoms with Crippen molar-refractivity contribution < 1.29 is 19.1 Å². The number of hydrogen-bond acceptors (Lipinski definition) is 2. The number of rotatable bonds is 7. The van der Waals surface area contributed by atoms with Crippen LogP contribution in [-0.4, -0.2) is 23.5 Å². The lowest BCUT2D eigenvalue weighted by Gasteiger charge is -2.15. The summed E-state index contributed by atoms with van der Waals surface area (Å²) in [6, 6.07) is 4.27. The number of benzene rings is 1. The SMILES string of the molecule is O=CNC(CCC(=O)O)Cc1ccc(Br)cc1F. The fourth-order valence-electron chi connectivity index (χ4n) is 1.59. The number of amides is 1. The number of nitrogens with one attached hydrogen (secondary N) is 1. The van der Waals surface area contributed by atoms with Gasteiger partial charge in [0.15, 0.2) is 0 Å². The van der Waals surface area contributed by atoms with Crippen molar-refractivity contribution in [3.8, 4) is 0 Å². The third-order valence-electron chi connectivity index (χ3n) is 2.49. The Labute approximate surface area is 112 Å². The summed E-state index contributed by atoms with van der Waals surface area (Å²) in [7, 11) is 0. The predicted molar refractivity (Wildman–Crippen MR) is 67.7 cm³/mol. The van der Waals surface area contributed by atoms with Crippen LogP contribution in [0.25, 0.3) is 0 Å². The lowest BCUT2D eigenvalue weighted by molar-refractivity contribution is -0.137. The van der Waals surface area contributed by atoms with E-state index in [9.17, 15) is 14.0 Å². The fourth-order valence-corrected chi connectivity index (χ4v) is 1.92. The molecular formula is C12H13BrFNO3. The number of halogens is 2. The Morgan fingerprint density at radius 2 is 2.28 bits per heavy atom. The van der Waals surface area contributed by atoms with Gasteiger partial charge in [-0.1, -0.05) is 22.0 Å². The van der Waals surface area contributed by atoms with Crippen LogP contribution in [0.2, 0.25) is 0 Å². The summed E-state index contributed by atoms with van der Waals surface area (Å²) in [6.07, 6.45) is 0.974. The van der Waals surface area contributed by atoms with Gasteiger partial charge in [0.2, 0.25) is 6.41 Å². The van der Waals surface area contributed by atoms with Crippen molar-refractivity contribution in [2.45, 2.75) is 25.3 Å². The van der Waals surface area contributed by atoms with Gasteiger partial charge in [-0.05, 0) is 30.5 Å². The van der Waals surface area contributed by atoms with Crippen LogP contribution in [0.1, 0.15) is 18.4 Å². The number of carboxylic acids is 1. The molecule has 0 aromatic heterocycles. The van der Waals surface area contributed by atoms with Crippen LogP contribution in [0.5, 0.6) is 0 Å². The summed E-state index contributed by atoms with van der Waals surface area (Å²) < 4.78 is 14.2. The smallest absolute Gasteiger partial charge is 0.303 e. The highest BCUT2D eigenvalue weighted by molar-refractivity contribution is 9.10. The molecule has 0 saturated heterocycles. The van der Waals surface area contributed by atoms with Crippen molar-refractivity contribution in [2.75, 3.05) is 0 Å². The molecule has 0 bridgehead atoms. The van der Waals surface area contributed by atoms with E-state index in [4.69, 9.17) is 5.11 Å². The van der Waals surface area contributed by atoms with Crippen LogP contribution in [0.4, 0.5) is 4.39 Å². The number of carbonyl (C=O) groups is 2. The second-order valence-corrected chi connectivity index (χ2v) is 4.77. The Bertz CT molecular complexity index is 439. The molecule has 2 N–H and O–H groups in total. The summed E-state index contributed by atoms with van der Waals surface area (Å²) in [5.74, 6) is -1.32. The average molecular weight is 318 g/mol. The van der Waals surface area contributed by atoms with E-state index in [1.807, 2.05) is 0 Å². The first-order chi connectivity index (χ1) is 8.52. The van der Waals surface area contributed by atoms with Gasteiger partial charge in [0.05, 0.1) is 0 Å². The van der Waals surface area contributed by atoms with Crippen LogP contribution in [-0.2, 0) is 16.0 Å². The summed E-state index contributed by atoms with van der Waals surface area (Å²) in [5, 5.41) is 11.1. The zero-order valence-electron chi connectivity index (χ0n) is 9.53. The summed E-state index contributed by atoms with van der Waals surface area (Å²) in [6.45, 7) is 0. The monoisotopic (exact) mass is 317 g/mol. The maximum atomic E-state index is 13.6. The van der Waals surface area contributed by atoms with Gasteiger partial charge in [-0.2, -0.15) is 0 Å². The average Bonchev–Trinajstić information content (AvgIpc) is 2.29. The van der Waals surface area contributed by atoms with Crippen molar-refractivity contribution in [3.63, 3.8) is 0 Å². The van der Waals surface area contributed by atoms with E-state index in [2.05, 4.69) is 21.2 Å². The zero-order chi connectivity index (χ0) is 13.5. The molecule has 1 rings (SSSR count). The summed E-state index contributed by atoms with van der Waals surface area (Å²) in [4.78, 5) is 20.9. The minimum atomic E-state index is -0.941. The first-order valence-electron chi connectivity index (χ1n) is 5.38. The molecule has 0 radical (unpaired) electrons. The van der Waals surface area contributed by atoms with Crippen LogP contribution >= 0.6 is 15.9 Å². The van der Waals surface area contributed by atoms with Gasteiger partial charge in [-0.15, -0.1) is 0 Å². The van der Waals surface area contributed by atoms with E-state index in [1.165, 1.54) is 6.07 Å². The largest absolute Gasteiger partial charge is 0.481 e. The molecule has 1 atom stereocenters. The molecule has 6 heteroatoms. The molecule has 1 unspecified atom stereocenters. The Balaban J connectivity index is 2.69. The third-order valence-corrected chi connectivity index (χ3v) is 2.99. The lowest BCUT2D eigenvalue weighted by Crippen LogP contribution is -2.30. The van der Waals surface area contributed by atoms with Gasteiger partial charge < -0.3 is 10.4 Å². The van der Waals surface area contributed by atoms with E-state index in [0.717, 1.165) is 0 Å². The molecule has 0 heterocycles. The van der Waals surface area contributed by atoms with E-state index in [0.29, 0.717) is 16.4 Å². The normalized spacial score (nSPS) is 11.9. The molecule has 0 aliphatic heterocycles. The molecule has 0 fully saturated rings. The van der Waals surface area contributed by atoms with Gasteiger partial charge in [-0.25, -0.2) is 4.39 Å². The highest BCUT2D eigenvalue weighted by Crippen LogP contribution is 2.17. The minimum absolute atomic E-state index is 0.0658. The molecule has 1 amide bonds. The Kier molecular flexibility index (Phi) is 5.77. The Morgan fingerprint density at radius 3 is 2.83 bits per heavy atom. The Morgan fingerprint density at radius 1 is 1.56 bits per heavy atom. The predicted octanol–water partition coefficient (Wildman–Crippen LogP) is 2.11. The van der Waals surface area contributed by atoms with Gasteiger partial charge in [0, 0.05) is 16.9 Å².